The quantitative estimate of drug-likeness (QED) is 0.844. The summed E-state index contributed by atoms with van der Waals surface area (Å²) in [5.41, 5.74) is 1.25. The van der Waals surface area contributed by atoms with Gasteiger partial charge in [-0.1, -0.05) is 18.7 Å². The van der Waals surface area contributed by atoms with Crippen LogP contribution in [-0.2, 0) is 0 Å². The van der Waals surface area contributed by atoms with Crippen molar-refractivity contribution >= 4 is 44.0 Å². The molecule has 0 fully saturated rings. The van der Waals surface area contributed by atoms with E-state index in [1.165, 1.54) is 16.5 Å². The fourth-order valence-corrected chi connectivity index (χ4v) is 4.17. The Bertz CT molecular complexity index is 617. The summed E-state index contributed by atoms with van der Waals surface area (Å²) < 4.78 is 1.34. The molecule has 1 N–H and O–H groups in total. The minimum atomic E-state index is 0.111. The van der Waals surface area contributed by atoms with E-state index in [2.05, 4.69) is 48.8 Å². The van der Waals surface area contributed by atoms with Crippen LogP contribution in [0.4, 0.5) is 5.69 Å². The largest absolute Gasteiger partial charge is 0.335 e. The highest BCUT2D eigenvalue weighted by atomic mass is 32.2. The highest BCUT2D eigenvalue weighted by Gasteiger charge is 2.25. The molecule has 100 valence electrons. The zero-order valence-corrected chi connectivity index (χ0v) is 12.9. The van der Waals surface area contributed by atoms with Gasteiger partial charge in [0.2, 0.25) is 0 Å². The number of thiophene rings is 1. The summed E-state index contributed by atoms with van der Waals surface area (Å²) in [6.45, 7) is 4.46. The molecule has 0 amide bonds. The van der Waals surface area contributed by atoms with Crippen LogP contribution in [0, 0.1) is 0 Å². The fourth-order valence-electron chi connectivity index (χ4n) is 2.19. The van der Waals surface area contributed by atoms with Gasteiger partial charge < -0.3 is 5.32 Å². The van der Waals surface area contributed by atoms with Gasteiger partial charge in [0.25, 0.3) is 0 Å². The lowest BCUT2D eigenvalue weighted by molar-refractivity contribution is 0.443. The van der Waals surface area contributed by atoms with Gasteiger partial charge in [-0.15, -0.1) is 11.3 Å². The Morgan fingerprint density at radius 2 is 2.26 bits per heavy atom. The van der Waals surface area contributed by atoms with E-state index in [1.54, 1.807) is 11.3 Å². The molecule has 0 saturated carbocycles. The summed E-state index contributed by atoms with van der Waals surface area (Å²) in [6.07, 6.45) is 2.27. The second kappa shape index (κ2) is 5.17. The molecule has 0 saturated heterocycles. The lowest BCUT2D eigenvalue weighted by Gasteiger charge is -2.29. The number of hydrogen-bond donors (Lipinski definition) is 1. The Morgan fingerprint density at radius 3 is 3.11 bits per heavy atom. The molecule has 0 bridgehead atoms. The van der Waals surface area contributed by atoms with Crippen LogP contribution in [-0.4, -0.2) is 16.5 Å². The van der Waals surface area contributed by atoms with E-state index >= 15 is 0 Å². The molecule has 1 unspecified atom stereocenters. The van der Waals surface area contributed by atoms with Crippen molar-refractivity contribution in [2.24, 2.45) is 4.99 Å². The lowest BCUT2D eigenvalue weighted by Crippen LogP contribution is -2.29. The van der Waals surface area contributed by atoms with Crippen LogP contribution in [0.2, 0.25) is 0 Å². The first-order chi connectivity index (χ1) is 9.18. The molecule has 1 atom stereocenters. The molecule has 0 radical (unpaired) electrons. The summed E-state index contributed by atoms with van der Waals surface area (Å²) >= 11 is 3.61. The van der Waals surface area contributed by atoms with Crippen LogP contribution in [0.3, 0.4) is 0 Å². The third kappa shape index (κ3) is 2.79. The van der Waals surface area contributed by atoms with Crippen LogP contribution in [0.1, 0.15) is 26.7 Å². The molecule has 2 heterocycles. The summed E-state index contributed by atoms with van der Waals surface area (Å²) in [5, 5.41) is 7.97. The molecule has 0 spiro atoms. The summed E-state index contributed by atoms with van der Waals surface area (Å²) in [5.74, 6) is 1.15. The number of fused-ring (bicyclic) bond motifs is 1. The number of anilines is 1. The van der Waals surface area contributed by atoms with Crippen molar-refractivity contribution in [3.63, 3.8) is 0 Å². The molecule has 3 rings (SSSR count). The zero-order valence-electron chi connectivity index (χ0n) is 11.3. The minimum Gasteiger partial charge on any atom is -0.335 e. The second-order valence-corrected chi connectivity index (χ2v) is 7.20. The van der Waals surface area contributed by atoms with E-state index in [4.69, 9.17) is 4.99 Å². The van der Waals surface area contributed by atoms with Crippen LogP contribution in [0.15, 0.2) is 34.6 Å². The van der Waals surface area contributed by atoms with E-state index in [-0.39, 0.29) is 5.54 Å². The highest BCUT2D eigenvalue weighted by Crippen LogP contribution is 2.30. The molecular formula is C15H18N2S2. The molecule has 1 aliphatic rings. The zero-order chi connectivity index (χ0) is 13.3. The van der Waals surface area contributed by atoms with Crippen molar-refractivity contribution in [2.45, 2.75) is 32.2 Å². The first kappa shape index (κ1) is 13.0. The molecular weight excluding hydrogens is 272 g/mol. The standard InChI is InChI=1S/C15H18N2S2/c1-3-15(2)7-9-19-14(17-15)16-12-4-5-13-11(10-12)6-8-18-13/h4-6,8,10H,3,7,9H2,1-2H3,(H,16,17). The smallest absolute Gasteiger partial charge is 0.161 e. The van der Waals surface area contributed by atoms with Crippen molar-refractivity contribution < 1.29 is 0 Å². The maximum absolute atomic E-state index is 4.87. The van der Waals surface area contributed by atoms with Gasteiger partial charge in [-0.25, -0.2) is 0 Å². The molecule has 2 aromatic rings. The van der Waals surface area contributed by atoms with Crippen molar-refractivity contribution in [3.8, 4) is 0 Å². The fraction of sp³-hybridized carbons (Fsp3) is 0.400. The number of nitrogens with one attached hydrogen (secondary N) is 1. The number of aliphatic imine (C=N–C) groups is 1. The molecule has 1 aliphatic heterocycles. The van der Waals surface area contributed by atoms with Crippen molar-refractivity contribution in [1.29, 1.82) is 0 Å². The van der Waals surface area contributed by atoms with Gasteiger partial charge in [0.1, 0.15) is 0 Å². The van der Waals surface area contributed by atoms with Gasteiger partial charge in [-0.2, -0.15) is 0 Å². The monoisotopic (exact) mass is 290 g/mol. The summed E-state index contributed by atoms with van der Waals surface area (Å²) in [7, 11) is 0. The lowest BCUT2D eigenvalue weighted by atomic mass is 9.97. The maximum atomic E-state index is 4.87. The third-order valence-electron chi connectivity index (χ3n) is 3.72. The van der Waals surface area contributed by atoms with E-state index in [0.717, 1.165) is 23.0 Å². The Morgan fingerprint density at radius 1 is 1.37 bits per heavy atom. The highest BCUT2D eigenvalue weighted by molar-refractivity contribution is 8.14. The Kier molecular flexibility index (Phi) is 3.54. The first-order valence-corrected chi connectivity index (χ1v) is 8.52. The van der Waals surface area contributed by atoms with Gasteiger partial charge >= 0.3 is 0 Å². The van der Waals surface area contributed by atoms with E-state index in [1.807, 2.05) is 11.8 Å². The second-order valence-electron chi connectivity index (χ2n) is 5.16. The normalized spacial score (nSPS) is 23.4. The maximum Gasteiger partial charge on any atom is 0.161 e. The number of benzene rings is 1. The number of amidine groups is 1. The predicted molar refractivity (Wildman–Crippen MR) is 88.7 cm³/mol. The Hall–Kier alpha value is -1.00. The average Bonchev–Trinajstić information content (AvgIpc) is 2.86. The number of rotatable bonds is 2. The van der Waals surface area contributed by atoms with Crippen molar-refractivity contribution in [3.05, 3.63) is 29.6 Å². The van der Waals surface area contributed by atoms with Crippen molar-refractivity contribution in [1.82, 2.24) is 0 Å². The van der Waals surface area contributed by atoms with Crippen LogP contribution in [0.25, 0.3) is 10.1 Å². The minimum absolute atomic E-state index is 0.111. The molecule has 0 aliphatic carbocycles. The summed E-state index contributed by atoms with van der Waals surface area (Å²) in [6, 6.07) is 8.68. The number of thioether (sulfide) groups is 1. The van der Waals surface area contributed by atoms with Crippen LogP contribution >= 0.6 is 23.1 Å². The molecule has 2 nitrogen and oxygen atoms in total. The van der Waals surface area contributed by atoms with Gasteiger partial charge in [0.15, 0.2) is 5.17 Å². The first-order valence-electron chi connectivity index (χ1n) is 6.65. The van der Waals surface area contributed by atoms with E-state index in [0.29, 0.717) is 0 Å². The molecule has 1 aromatic heterocycles. The molecule has 4 heteroatoms. The van der Waals surface area contributed by atoms with E-state index < -0.39 is 0 Å². The number of hydrogen-bond acceptors (Lipinski definition) is 4. The van der Waals surface area contributed by atoms with Crippen molar-refractivity contribution in [2.75, 3.05) is 11.1 Å². The Balaban J connectivity index is 1.84. The number of nitrogens with zero attached hydrogens (tertiary/aromatic N) is 1. The summed E-state index contributed by atoms with van der Waals surface area (Å²) in [4.78, 5) is 4.87. The molecule has 1 aromatic carbocycles. The van der Waals surface area contributed by atoms with Gasteiger partial charge in [-0.05, 0) is 54.8 Å². The Labute approximate surface area is 122 Å². The SMILES string of the molecule is CCC1(C)CCSC(Nc2ccc3sccc3c2)=N1. The van der Waals surface area contributed by atoms with Crippen LogP contribution in [0.5, 0.6) is 0 Å². The topological polar surface area (TPSA) is 24.4 Å². The van der Waals surface area contributed by atoms with Gasteiger partial charge in [0, 0.05) is 16.1 Å². The molecule has 19 heavy (non-hydrogen) atoms. The van der Waals surface area contributed by atoms with Gasteiger partial charge in [0.05, 0.1) is 5.54 Å². The van der Waals surface area contributed by atoms with Gasteiger partial charge in [-0.3, -0.25) is 4.99 Å². The van der Waals surface area contributed by atoms with Crippen LogP contribution < -0.4 is 5.32 Å². The predicted octanol–water partition coefficient (Wildman–Crippen LogP) is 4.97. The van der Waals surface area contributed by atoms with E-state index in [9.17, 15) is 0 Å². The third-order valence-corrected chi connectivity index (χ3v) is 5.49. The average molecular weight is 290 g/mol.